The Morgan fingerprint density at radius 2 is 2.18 bits per heavy atom. The molecule has 1 aliphatic rings. The van der Waals surface area contributed by atoms with Crippen molar-refractivity contribution in [3.63, 3.8) is 0 Å². The van der Waals surface area contributed by atoms with Gasteiger partial charge in [0, 0.05) is 36.8 Å². The van der Waals surface area contributed by atoms with E-state index in [4.69, 9.17) is 0 Å². The maximum Gasteiger partial charge on any atom is 0.133 e. The molecule has 1 aliphatic heterocycles. The first-order valence-electron chi connectivity index (χ1n) is 6.38. The van der Waals surface area contributed by atoms with E-state index in [1.165, 1.54) is 6.42 Å². The van der Waals surface area contributed by atoms with Crippen molar-refractivity contribution in [1.29, 1.82) is 0 Å². The second kappa shape index (κ2) is 5.00. The van der Waals surface area contributed by atoms with Gasteiger partial charge in [0.2, 0.25) is 0 Å². The van der Waals surface area contributed by atoms with Crippen LogP contribution in [0.25, 0.3) is 0 Å². The van der Waals surface area contributed by atoms with E-state index in [0.29, 0.717) is 12.0 Å². The Bertz CT molecular complexity index is 389. The summed E-state index contributed by atoms with van der Waals surface area (Å²) in [4.78, 5) is 11.5. The molecule has 1 fully saturated rings. The minimum absolute atomic E-state index is 0.386. The van der Waals surface area contributed by atoms with Crippen LogP contribution in [0.2, 0.25) is 0 Å². The van der Waals surface area contributed by atoms with Crippen molar-refractivity contribution >= 4 is 5.82 Å². The maximum absolute atomic E-state index is 4.67. The van der Waals surface area contributed by atoms with Gasteiger partial charge in [-0.1, -0.05) is 13.8 Å². The third-order valence-electron chi connectivity index (χ3n) is 3.29. The van der Waals surface area contributed by atoms with Crippen LogP contribution in [-0.2, 0) is 0 Å². The number of likely N-dealkylation sites (N-methyl/N-ethyl adjacent to an activating group) is 1. The molecule has 4 heteroatoms. The number of aryl methyl sites for hydroxylation is 1. The highest BCUT2D eigenvalue weighted by molar-refractivity contribution is 5.41. The molecule has 0 spiro atoms. The molecular formula is C13H22N4. The van der Waals surface area contributed by atoms with E-state index in [2.05, 4.69) is 40.1 Å². The van der Waals surface area contributed by atoms with E-state index >= 15 is 0 Å². The second-order valence-electron chi connectivity index (χ2n) is 5.10. The van der Waals surface area contributed by atoms with Gasteiger partial charge >= 0.3 is 0 Å². The van der Waals surface area contributed by atoms with Crippen molar-refractivity contribution in [2.45, 2.75) is 39.2 Å². The summed E-state index contributed by atoms with van der Waals surface area (Å²) in [6, 6.07) is 2.68. The third-order valence-corrected chi connectivity index (χ3v) is 3.29. The van der Waals surface area contributed by atoms with Crippen LogP contribution in [0.1, 0.15) is 37.7 Å². The topological polar surface area (TPSA) is 41.0 Å². The molecule has 2 heterocycles. The van der Waals surface area contributed by atoms with Crippen molar-refractivity contribution in [2.75, 3.05) is 25.0 Å². The number of nitrogens with zero attached hydrogens (tertiary/aromatic N) is 3. The summed E-state index contributed by atoms with van der Waals surface area (Å²) >= 11 is 0. The van der Waals surface area contributed by atoms with Crippen LogP contribution in [0.15, 0.2) is 6.07 Å². The average Bonchev–Trinajstić information content (AvgIpc) is 2.76. The predicted molar refractivity (Wildman–Crippen MR) is 70.5 cm³/mol. The molecule has 1 aromatic heterocycles. The zero-order chi connectivity index (χ0) is 12.4. The monoisotopic (exact) mass is 234 g/mol. The summed E-state index contributed by atoms with van der Waals surface area (Å²) < 4.78 is 0. The summed E-state index contributed by atoms with van der Waals surface area (Å²) in [5.74, 6) is 2.42. The molecule has 0 saturated carbocycles. The number of rotatable bonds is 3. The lowest BCUT2D eigenvalue weighted by atomic mass is 10.2. The molecule has 17 heavy (non-hydrogen) atoms. The molecule has 1 saturated heterocycles. The number of aromatic nitrogens is 2. The van der Waals surface area contributed by atoms with Crippen LogP contribution < -0.4 is 10.2 Å². The summed E-state index contributed by atoms with van der Waals surface area (Å²) in [5.41, 5.74) is 1.06. The van der Waals surface area contributed by atoms with Crippen LogP contribution in [0, 0.1) is 6.92 Å². The van der Waals surface area contributed by atoms with Gasteiger partial charge in [0.05, 0.1) is 0 Å². The smallest absolute Gasteiger partial charge is 0.133 e. The molecule has 0 bridgehead atoms. The first kappa shape index (κ1) is 12.3. The van der Waals surface area contributed by atoms with Crippen molar-refractivity contribution in [3.8, 4) is 0 Å². The average molecular weight is 234 g/mol. The fourth-order valence-corrected chi connectivity index (χ4v) is 2.20. The lowest BCUT2D eigenvalue weighted by molar-refractivity contribution is 0.616. The van der Waals surface area contributed by atoms with Crippen molar-refractivity contribution in [3.05, 3.63) is 17.6 Å². The quantitative estimate of drug-likeness (QED) is 0.864. The number of hydrogen-bond acceptors (Lipinski definition) is 4. The Hall–Kier alpha value is -1.16. The SMILES string of the molecule is CNC1CCN(c2cc(C)nc(C(C)C)n2)C1. The van der Waals surface area contributed by atoms with Gasteiger partial charge < -0.3 is 10.2 Å². The van der Waals surface area contributed by atoms with E-state index in [1.54, 1.807) is 0 Å². The highest BCUT2D eigenvalue weighted by Gasteiger charge is 2.22. The van der Waals surface area contributed by atoms with Crippen LogP contribution in [-0.4, -0.2) is 36.1 Å². The van der Waals surface area contributed by atoms with Crippen LogP contribution >= 0.6 is 0 Å². The van der Waals surface area contributed by atoms with E-state index in [9.17, 15) is 0 Å². The largest absolute Gasteiger partial charge is 0.355 e. The summed E-state index contributed by atoms with van der Waals surface area (Å²) in [5, 5.41) is 3.33. The molecule has 1 unspecified atom stereocenters. The Kier molecular flexibility index (Phi) is 3.62. The van der Waals surface area contributed by atoms with Crippen molar-refractivity contribution in [2.24, 2.45) is 0 Å². The highest BCUT2D eigenvalue weighted by Crippen LogP contribution is 2.21. The van der Waals surface area contributed by atoms with E-state index in [-0.39, 0.29) is 0 Å². The van der Waals surface area contributed by atoms with E-state index < -0.39 is 0 Å². The molecule has 94 valence electrons. The number of hydrogen-bond donors (Lipinski definition) is 1. The summed E-state index contributed by atoms with van der Waals surface area (Å²) in [6.07, 6.45) is 1.19. The summed E-state index contributed by atoms with van der Waals surface area (Å²) in [7, 11) is 2.03. The van der Waals surface area contributed by atoms with Gasteiger partial charge in [-0.3, -0.25) is 0 Å². The Morgan fingerprint density at radius 1 is 1.41 bits per heavy atom. The van der Waals surface area contributed by atoms with Crippen LogP contribution in [0.3, 0.4) is 0 Å². The fourth-order valence-electron chi connectivity index (χ4n) is 2.20. The normalized spacial score (nSPS) is 20.3. The van der Waals surface area contributed by atoms with E-state index in [0.717, 1.165) is 30.4 Å². The molecule has 0 aromatic carbocycles. The first-order valence-corrected chi connectivity index (χ1v) is 6.38. The van der Waals surface area contributed by atoms with Gasteiger partial charge in [-0.25, -0.2) is 9.97 Å². The van der Waals surface area contributed by atoms with Gasteiger partial charge in [0.1, 0.15) is 11.6 Å². The first-order chi connectivity index (χ1) is 8.10. The molecular weight excluding hydrogens is 212 g/mol. The zero-order valence-electron chi connectivity index (χ0n) is 11.2. The second-order valence-corrected chi connectivity index (χ2v) is 5.10. The number of nitrogens with one attached hydrogen (secondary N) is 1. The molecule has 0 aliphatic carbocycles. The standard InChI is InChI=1S/C13H22N4/c1-9(2)13-15-10(3)7-12(16-13)17-6-5-11(8-17)14-4/h7,9,11,14H,5-6,8H2,1-4H3. The highest BCUT2D eigenvalue weighted by atomic mass is 15.2. The molecule has 4 nitrogen and oxygen atoms in total. The molecule has 1 atom stereocenters. The molecule has 1 N–H and O–H groups in total. The fraction of sp³-hybridized carbons (Fsp3) is 0.692. The Morgan fingerprint density at radius 3 is 2.76 bits per heavy atom. The predicted octanol–water partition coefficient (Wildman–Crippen LogP) is 1.71. The Balaban J connectivity index is 2.21. The van der Waals surface area contributed by atoms with Gasteiger partial charge in [-0.05, 0) is 20.4 Å². The van der Waals surface area contributed by atoms with Crippen LogP contribution in [0.4, 0.5) is 5.82 Å². The summed E-state index contributed by atoms with van der Waals surface area (Å²) in [6.45, 7) is 8.45. The maximum atomic E-state index is 4.67. The van der Waals surface area contributed by atoms with Gasteiger partial charge in [0.15, 0.2) is 0 Å². The molecule has 0 radical (unpaired) electrons. The molecule has 1 aromatic rings. The van der Waals surface area contributed by atoms with Gasteiger partial charge in [0.25, 0.3) is 0 Å². The van der Waals surface area contributed by atoms with Crippen molar-refractivity contribution in [1.82, 2.24) is 15.3 Å². The lowest BCUT2D eigenvalue weighted by Crippen LogP contribution is -2.30. The van der Waals surface area contributed by atoms with E-state index in [1.807, 2.05) is 14.0 Å². The minimum Gasteiger partial charge on any atom is -0.355 e. The van der Waals surface area contributed by atoms with Gasteiger partial charge in [-0.2, -0.15) is 0 Å². The number of anilines is 1. The molecule has 0 amide bonds. The molecule has 2 rings (SSSR count). The Labute approximate surface area is 103 Å². The third kappa shape index (κ3) is 2.75. The van der Waals surface area contributed by atoms with Crippen molar-refractivity contribution < 1.29 is 0 Å². The lowest BCUT2D eigenvalue weighted by Gasteiger charge is -2.19. The van der Waals surface area contributed by atoms with Crippen LogP contribution in [0.5, 0.6) is 0 Å². The van der Waals surface area contributed by atoms with Gasteiger partial charge in [-0.15, -0.1) is 0 Å². The zero-order valence-corrected chi connectivity index (χ0v) is 11.2. The minimum atomic E-state index is 0.386.